The number of hydrogen-bond donors (Lipinski definition) is 1. The lowest BCUT2D eigenvalue weighted by atomic mass is 9.91. The van der Waals surface area contributed by atoms with Gasteiger partial charge in [-0.2, -0.15) is 0 Å². The molecule has 1 aromatic heterocycles. The number of nitrogens with one attached hydrogen (secondary N) is 1. The van der Waals surface area contributed by atoms with E-state index in [-0.39, 0.29) is 4.90 Å². The average Bonchev–Trinajstić information content (AvgIpc) is 3.27. The molecule has 2 fully saturated rings. The fourth-order valence-corrected chi connectivity index (χ4v) is 4.00. The zero-order valence-corrected chi connectivity index (χ0v) is 13.8. The van der Waals surface area contributed by atoms with E-state index in [4.69, 9.17) is 4.74 Å². The minimum Gasteiger partial charge on any atom is -0.478 e. The number of pyridine rings is 1. The lowest BCUT2D eigenvalue weighted by molar-refractivity contribution is 0.272. The molecular formula is C16H24N2O3S. The summed E-state index contributed by atoms with van der Waals surface area (Å²) in [6.07, 6.45) is 7.59. The molecule has 0 aromatic carbocycles. The third-order valence-electron chi connectivity index (χ3n) is 4.84. The van der Waals surface area contributed by atoms with E-state index in [1.807, 2.05) is 0 Å². The molecule has 2 heterocycles. The lowest BCUT2D eigenvalue weighted by Crippen LogP contribution is -2.29. The Balaban J connectivity index is 1.40. The summed E-state index contributed by atoms with van der Waals surface area (Å²) in [5, 5.41) is 3.42. The standard InChI is InChI=1S/C16H24N2O3S/c1-22(19,20)14-2-3-16(18-11-14)21-9-6-13-10-15(13)12-4-7-17-8-5-12/h2-3,11-13,15,17H,4-10H2,1H3. The Morgan fingerprint density at radius 1 is 1.32 bits per heavy atom. The first-order valence-corrected chi connectivity index (χ1v) is 9.93. The van der Waals surface area contributed by atoms with E-state index in [1.54, 1.807) is 12.1 Å². The van der Waals surface area contributed by atoms with Gasteiger partial charge in [-0.15, -0.1) is 0 Å². The van der Waals surface area contributed by atoms with Crippen molar-refractivity contribution < 1.29 is 13.2 Å². The highest BCUT2D eigenvalue weighted by atomic mass is 32.2. The van der Waals surface area contributed by atoms with E-state index in [0.717, 1.165) is 24.2 Å². The maximum atomic E-state index is 11.4. The summed E-state index contributed by atoms with van der Waals surface area (Å²) in [6.45, 7) is 3.00. The van der Waals surface area contributed by atoms with Crippen molar-refractivity contribution >= 4 is 9.84 Å². The monoisotopic (exact) mass is 324 g/mol. The van der Waals surface area contributed by atoms with Crippen molar-refractivity contribution in [3.63, 3.8) is 0 Å². The minimum absolute atomic E-state index is 0.230. The van der Waals surface area contributed by atoms with Crippen molar-refractivity contribution in [2.24, 2.45) is 17.8 Å². The van der Waals surface area contributed by atoms with Gasteiger partial charge in [0.25, 0.3) is 0 Å². The lowest BCUT2D eigenvalue weighted by Gasteiger charge is -2.22. The summed E-state index contributed by atoms with van der Waals surface area (Å²) in [6, 6.07) is 3.18. The van der Waals surface area contributed by atoms with Crippen LogP contribution < -0.4 is 10.1 Å². The number of nitrogens with zero attached hydrogens (tertiary/aromatic N) is 1. The van der Waals surface area contributed by atoms with Gasteiger partial charge in [0.05, 0.1) is 11.5 Å². The summed E-state index contributed by atoms with van der Waals surface area (Å²) < 4.78 is 28.4. The second kappa shape index (κ2) is 6.54. The van der Waals surface area contributed by atoms with E-state index in [1.165, 1.54) is 44.8 Å². The molecule has 0 radical (unpaired) electrons. The van der Waals surface area contributed by atoms with Crippen LogP contribution in [0.1, 0.15) is 25.7 Å². The highest BCUT2D eigenvalue weighted by molar-refractivity contribution is 7.90. The highest BCUT2D eigenvalue weighted by Crippen LogP contribution is 2.49. The van der Waals surface area contributed by atoms with Gasteiger partial charge >= 0.3 is 0 Å². The average molecular weight is 324 g/mol. The molecule has 1 saturated heterocycles. The van der Waals surface area contributed by atoms with E-state index < -0.39 is 9.84 Å². The molecule has 6 heteroatoms. The van der Waals surface area contributed by atoms with Gasteiger partial charge in [0.2, 0.25) is 5.88 Å². The number of piperidine rings is 1. The molecule has 1 aromatic rings. The van der Waals surface area contributed by atoms with Gasteiger partial charge in [0.15, 0.2) is 9.84 Å². The zero-order chi connectivity index (χ0) is 15.6. The van der Waals surface area contributed by atoms with Crippen molar-refractivity contribution in [1.82, 2.24) is 10.3 Å². The molecule has 0 spiro atoms. The Kier molecular flexibility index (Phi) is 4.68. The second-order valence-corrected chi connectivity index (χ2v) is 8.50. The number of ether oxygens (including phenoxy) is 1. The first-order valence-electron chi connectivity index (χ1n) is 8.03. The molecule has 1 aliphatic carbocycles. The van der Waals surface area contributed by atoms with Crippen LogP contribution in [-0.2, 0) is 9.84 Å². The van der Waals surface area contributed by atoms with Crippen molar-refractivity contribution in [2.75, 3.05) is 26.0 Å². The summed E-state index contributed by atoms with van der Waals surface area (Å²) in [7, 11) is -3.19. The molecule has 1 N–H and O–H groups in total. The quantitative estimate of drug-likeness (QED) is 0.865. The van der Waals surface area contributed by atoms with Gasteiger partial charge in [-0.25, -0.2) is 13.4 Å². The molecule has 1 aliphatic heterocycles. The molecule has 122 valence electrons. The molecule has 2 aliphatic rings. The van der Waals surface area contributed by atoms with Gasteiger partial charge in [-0.3, -0.25) is 0 Å². The minimum atomic E-state index is -3.19. The first kappa shape index (κ1) is 15.7. The smallest absolute Gasteiger partial charge is 0.213 e. The maximum absolute atomic E-state index is 11.4. The third kappa shape index (κ3) is 3.98. The normalized spacial score (nSPS) is 25.9. The van der Waals surface area contributed by atoms with Crippen LogP contribution >= 0.6 is 0 Å². The Hall–Kier alpha value is -1.14. The fraction of sp³-hybridized carbons (Fsp3) is 0.688. The molecule has 2 unspecified atom stereocenters. The number of aromatic nitrogens is 1. The van der Waals surface area contributed by atoms with Gasteiger partial charge in [0.1, 0.15) is 0 Å². The van der Waals surface area contributed by atoms with Crippen LogP contribution in [0.3, 0.4) is 0 Å². The van der Waals surface area contributed by atoms with Crippen molar-refractivity contribution in [3.8, 4) is 5.88 Å². The third-order valence-corrected chi connectivity index (χ3v) is 5.94. The van der Waals surface area contributed by atoms with E-state index in [9.17, 15) is 8.42 Å². The van der Waals surface area contributed by atoms with Crippen LogP contribution in [0.5, 0.6) is 5.88 Å². The van der Waals surface area contributed by atoms with Crippen LogP contribution in [0.4, 0.5) is 0 Å². The summed E-state index contributed by atoms with van der Waals surface area (Å²) >= 11 is 0. The summed E-state index contributed by atoms with van der Waals surface area (Å²) in [4.78, 5) is 4.29. The Morgan fingerprint density at radius 2 is 2.09 bits per heavy atom. The SMILES string of the molecule is CS(=O)(=O)c1ccc(OCCC2CC2C2CCNCC2)nc1. The van der Waals surface area contributed by atoms with Gasteiger partial charge in [-0.1, -0.05) is 0 Å². The summed E-state index contributed by atoms with van der Waals surface area (Å²) in [5.74, 6) is 3.11. The Morgan fingerprint density at radius 3 is 2.73 bits per heavy atom. The predicted molar refractivity (Wildman–Crippen MR) is 84.6 cm³/mol. The van der Waals surface area contributed by atoms with Gasteiger partial charge in [-0.05, 0) is 62.6 Å². The largest absolute Gasteiger partial charge is 0.478 e. The highest BCUT2D eigenvalue weighted by Gasteiger charge is 2.42. The fourth-order valence-electron chi connectivity index (χ4n) is 3.44. The summed E-state index contributed by atoms with van der Waals surface area (Å²) in [5.41, 5.74) is 0. The molecule has 0 amide bonds. The molecule has 0 bridgehead atoms. The molecule has 22 heavy (non-hydrogen) atoms. The number of hydrogen-bond acceptors (Lipinski definition) is 5. The van der Waals surface area contributed by atoms with Crippen molar-refractivity contribution in [2.45, 2.75) is 30.6 Å². The first-order chi connectivity index (χ1) is 10.5. The van der Waals surface area contributed by atoms with Gasteiger partial charge in [0, 0.05) is 18.5 Å². The van der Waals surface area contributed by atoms with E-state index in [2.05, 4.69) is 10.3 Å². The van der Waals surface area contributed by atoms with Crippen LogP contribution in [0, 0.1) is 17.8 Å². The Bertz CT molecular complexity index is 594. The molecule has 2 atom stereocenters. The number of rotatable bonds is 6. The number of sulfone groups is 1. The van der Waals surface area contributed by atoms with Crippen LogP contribution in [0.25, 0.3) is 0 Å². The van der Waals surface area contributed by atoms with Crippen molar-refractivity contribution in [3.05, 3.63) is 18.3 Å². The molecular weight excluding hydrogens is 300 g/mol. The van der Waals surface area contributed by atoms with E-state index >= 15 is 0 Å². The molecule has 3 rings (SSSR count). The maximum Gasteiger partial charge on any atom is 0.213 e. The van der Waals surface area contributed by atoms with Crippen LogP contribution in [0.2, 0.25) is 0 Å². The van der Waals surface area contributed by atoms with Crippen molar-refractivity contribution in [1.29, 1.82) is 0 Å². The predicted octanol–water partition coefficient (Wildman–Crippen LogP) is 1.89. The zero-order valence-electron chi connectivity index (χ0n) is 13.0. The van der Waals surface area contributed by atoms with Crippen LogP contribution in [0.15, 0.2) is 23.2 Å². The van der Waals surface area contributed by atoms with Gasteiger partial charge < -0.3 is 10.1 Å². The Labute approximate surface area is 132 Å². The van der Waals surface area contributed by atoms with E-state index in [0.29, 0.717) is 12.5 Å². The second-order valence-electron chi connectivity index (χ2n) is 6.49. The van der Waals surface area contributed by atoms with Crippen LogP contribution in [-0.4, -0.2) is 39.4 Å². The molecule has 5 nitrogen and oxygen atoms in total. The molecule has 1 saturated carbocycles. The topological polar surface area (TPSA) is 68.3 Å².